The Bertz CT molecular complexity index is 393. The van der Waals surface area contributed by atoms with Gasteiger partial charge in [0.2, 0.25) is 0 Å². The first kappa shape index (κ1) is 12.6. The van der Waals surface area contributed by atoms with Crippen LogP contribution in [-0.2, 0) is 16.0 Å². The molecule has 0 aromatic heterocycles. The van der Waals surface area contributed by atoms with Crippen molar-refractivity contribution in [2.75, 3.05) is 19.5 Å². The maximum atomic E-state index is 11.3. The van der Waals surface area contributed by atoms with Crippen LogP contribution in [0.25, 0.3) is 0 Å². The average molecular weight is 244 g/mol. The van der Waals surface area contributed by atoms with Gasteiger partial charge in [0.1, 0.15) is 5.75 Å². The minimum Gasteiger partial charge on any atom is -0.496 e. The first-order valence-corrected chi connectivity index (χ1v) is 5.23. The number of benzene rings is 1. The molecule has 88 valence electrons. The summed E-state index contributed by atoms with van der Waals surface area (Å²) in [5.74, 6) is 0.217. The summed E-state index contributed by atoms with van der Waals surface area (Å²) in [4.78, 5) is 11.3. The quantitative estimate of drug-likeness (QED) is 0.649. The molecule has 0 fully saturated rings. The molecule has 0 bridgehead atoms. The van der Waals surface area contributed by atoms with Crippen LogP contribution in [0, 0.1) is 0 Å². The largest absolute Gasteiger partial charge is 0.496 e. The molecule has 1 aromatic rings. The van der Waals surface area contributed by atoms with E-state index in [1.54, 1.807) is 19.1 Å². The zero-order chi connectivity index (χ0) is 12.1. The molecule has 5 heteroatoms. The van der Waals surface area contributed by atoms with Crippen molar-refractivity contribution in [3.05, 3.63) is 22.7 Å². The van der Waals surface area contributed by atoms with Crippen molar-refractivity contribution in [2.24, 2.45) is 0 Å². The average Bonchev–Trinajstić information content (AvgIpc) is 2.23. The van der Waals surface area contributed by atoms with Crippen molar-refractivity contribution >= 4 is 23.3 Å². The van der Waals surface area contributed by atoms with Gasteiger partial charge in [-0.1, -0.05) is 11.6 Å². The molecule has 1 aromatic carbocycles. The third kappa shape index (κ3) is 3.03. The van der Waals surface area contributed by atoms with Crippen LogP contribution in [-0.4, -0.2) is 19.7 Å². The molecule has 4 nitrogen and oxygen atoms in total. The van der Waals surface area contributed by atoms with Gasteiger partial charge in [-0.3, -0.25) is 4.79 Å². The Hall–Kier alpha value is -1.42. The second kappa shape index (κ2) is 5.61. The lowest BCUT2D eigenvalue weighted by atomic mass is 10.1. The molecule has 1 rings (SSSR count). The van der Waals surface area contributed by atoms with Gasteiger partial charge in [-0.15, -0.1) is 0 Å². The van der Waals surface area contributed by atoms with E-state index in [0.29, 0.717) is 28.6 Å². The number of hydrogen-bond donors (Lipinski definition) is 1. The van der Waals surface area contributed by atoms with Gasteiger partial charge >= 0.3 is 5.97 Å². The highest BCUT2D eigenvalue weighted by atomic mass is 35.5. The number of anilines is 1. The topological polar surface area (TPSA) is 61.5 Å². The molecule has 0 atom stereocenters. The monoisotopic (exact) mass is 243 g/mol. The van der Waals surface area contributed by atoms with E-state index >= 15 is 0 Å². The highest BCUT2D eigenvalue weighted by Crippen LogP contribution is 2.29. The predicted octanol–water partition coefficient (Wildman–Crippen LogP) is 2.04. The number of esters is 1. The molecule has 0 aliphatic carbocycles. The number of carbonyl (C=O) groups excluding carboxylic acids is 1. The van der Waals surface area contributed by atoms with Crippen LogP contribution in [0.3, 0.4) is 0 Å². The van der Waals surface area contributed by atoms with Crippen LogP contribution in [0.2, 0.25) is 5.02 Å². The second-order valence-electron chi connectivity index (χ2n) is 3.17. The summed E-state index contributed by atoms with van der Waals surface area (Å²) in [5, 5.41) is 0.407. The zero-order valence-electron chi connectivity index (χ0n) is 9.25. The minimum atomic E-state index is -0.317. The molecule has 0 saturated carbocycles. The minimum absolute atomic E-state index is 0.123. The number of halogens is 1. The molecule has 0 saturated heterocycles. The van der Waals surface area contributed by atoms with E-state index in [4.69, 9.17) is 26.8 Å². The van der Waals surface area contributed by atoms with Gasteiger partial charge in [0, 0.05) is 11.6 Å². The van der Waals surface area contributed by atoms with Crippen molar-refractivity contribution in [2.45, 2.75) is 13.3 Å². The van der Waals surface area contributed by atoms with Crippen molar-refractivity contribution in [1.82, 2.24) is 0 Å². The lowest BCUT2D eigenvalue weighted by Gasteiger charge is -2.10. The van der Waals surface area contributed by atoms with E-state index in [9.17, 15) is 4.79 Å². The molecule has 0 aliphatic heterocycles. The first-order chi connectivity index (χ1) is 7.58. The molecule has 0 amide bonds. The summed E-state index contributed by atoms with van der Waals surface area (Å²) < 4.78 is 9.96. The van der Waals surface area contributed by atoms with Crippen LogP contribution in [0.5, 0.6) is 5.75 Å². The Morgan fingerprint density at radius 1 is 1.50 bits per heavy atom. The summed E-state index contributed by atoms with van der Waals surface area (Å²) in [6.45, 7) is 2.11. The number of rotatable bonds is 4. The molecular weight excluding hydrogens is 230 g/mol. The third-order valence-corrected chi connectivity index (χ3v) is 2.37. The van der Waals surface area contributed by atoms with Gasteiger partial charge in [-0.05, 0) is 13.0 Å². The van der Waals surface area contributed by atoms with Gasteiger partial charge < -0.3 is 15.2 Å². The molecule has 0 heterocycles. The standard InChI is InChI=1S/C11H14ClNO3/c1-3-16-11(14)5-7-4-9(13)8(12)6-10(7)15-2/h4,6H,3,5,13H2,1-2H3. The highest BCUT2D eigenvalue weighted by Gasteiger charge is 2.12. The van der Waals surface area contributed by atoms with E-state index in [-0.39, 0.29) is 12.4 Å². The van der Waals surface area contributed by atoms with E-state index in [1.807, 2.05) is 0 Å². The molecule has 0 unspecified atom stereocenters. The Morgan fingerprint density at radius 2 is 2.19 bits per heavy atom. The van der Waals surface area contributed by atoms with Gasteiger partial charge in [-0.25, -0.2) is 0 Å². The van der Waals surface area contributed by atoms with Crippen molar-refractivity contribution in [3.63, 3.8) is 0 Å². The SMILES string of the molecule is CCOC(=O)Cc1cc(N)c(Cl)cc1OC. The number of hydrogen-bond acceptors (Lipinski definition) is 4. The summed E-state index contributed by atoms with van der Waals surface area (Å²) >= 11 is 5.84. The predicted molar refractivity (Wildman–Crippen MR) is 62.8 cm³/mol. The molecular formula is C11H14ClNO3. The van der Waals surface area contributed by atoms with Crippen LogP contribution >= 0.6 is 11.6 Å². The molecule has 0 radical (unpaired) electrons. The second-order valence-corrected chi connectivity index (χ2v) is 3.57. The van der Waals surface area contributed by atoms with Gasteiger partial charge in [0.05, 0.1) is 30.8 Å². The number of carbonyl (C=O) groups is 1. The number of methoxy groups -OCH3 is 1. The lowest BCUT2D eigenvalue weighted by Crippen LogP contribution is -2.09. The maximum Gasteiger partial charge on any atom is 0.310 e. The van der Waals surface area contributed by atoms with Crippen LogP contribution in [0.4, 0.5) is 5.69 Å². The van der Waals surface area contributed by atoms with Gasteiger partial charge in [0.15, 0.2) is 0 Å². The van der Waals surface area contributed by atoms with Crippen molar-refractivity contribution in [1.29, 1.82) is 0 Å². The van der Waals surface area contributed by atoms with E-state index < -0.39 is 0 Å². The number of nitrogens with two attached hydrogens (primary N) is 1. The van der Waals surface area contributed by atoms with E-state index in [1.165, 1.54) is 7.11 Å². The fourth-order valence-electron chi connectivity index (χ4n) is 1.31. The summed E-state index contributed by atoms with van der Waals surface area (Å²) in [7, 11) is 1.51. The van der Waals surface area contributed by atoms with Gasteiger partial charge in [-0.2, -0.15) is 0 Å². The lowest BCUT2D eigenvalue weighted by molar-refractivity contribution is -0.142. The number of ether oxygens (including phenoxy) is 2. The van der Waals surface area contributed by atoms with Crippen LogP contribution < -0.4 is 10.5 Å². The zero-order valence-corrected chi connectivity index (χ0v) is 10.0. The molecule has 16 heavy (non-hydrogen) atoms. The van der Waals surface area contributed by atoms with E-state index in [0.717, 1.165) is 0 Å². The molecule has 0 aliphatic rings. The highest BCUT2D eigenvalue weighted by molar-refractivity contribution is 6.33. The van der Waals surface area contributed by atoms with Crippen molar-refractivity contribution < 1.29 is 14.3 Å². The van der Waals surface area contributed by atoms with Crippen LogP contribution in [0.15, 0.2) is 12.1 Å². The first-order valence-electron chi connectivity index (χ1n) is 4.86. The Balaban J connectivity index is 2.94. The molecule has 0 spiro atoms. The normalized spacial score (nSPS) is 9.94. The fourth-order valence-corrected chi connectivity index (χ4v) is 1.47. The molecule has 2 N–H and O–H groups in total. The summed E-state index contributed by atoms with van der Waals surface area (Å²) in [5.41, 5.74) is 6.74. The Labute approximate surface area is 99.3 Å². The van der Waals surface area contributed by atoms with Gasteiger partial charge in [0.25, 0.3) is 0 Å². The third-order valence-electron chi connectivity index (χ3n) is 2.04. The van der Waals surface area contributed by atoms with Crippen molar-refractivity contribution in [3.8, 4) is 5.75 Å². The summed E-state index contributed by atoms with van der Waals surface area (Å²) in [6, 6.07) is 3.21. The summed E-state index contributed by atoms with van der Waals surface area (Å²) in [6.07, 6.45) is 0.123. The Morgan fingerprint density at radius 3 is 2.75 bits per heavy atom. The maximum absolute atomic E-state index is 11.3. The number of nitrogen functional groups attached to an aromatic ring is 1. The van der Waals surface area contributed by atoms with E-state index in [2.05, 4.69) is 0 Å². The Kier molecular flexibility index (Phi) is 4.43. The smallest absolute Gasteiger partial charge is 0.310 e. The fraction of sp³-hybridized carbons (Fsp3) is 0.364. The van der Waals surface area contributed by atoms with Crippen LogP contribution in [0.1, 0.15) is 12.5 Å².